The van der Waals surface area contributed by atoms with Crippen LogP contribution in [0.15, 0.2) is 48.5 Å². The second-order valence-corrected chi connectivity index (χ2v) is 8.74. The quantitative estimate of drug-likeness (QED) is 0.409. The Balaban J connectivity index is 1.67. The molecule has 182 valence electrons. The van der Waals surface area contributed by atoms with E-state index in [1.165, 1.54) is 18.9 Å². The van der Waals surface area contributed by atoms with Crippen LogP contribution in [0.2, 0.25) is 0 Å². The minimum atomic E-state index is -0.786. The fourth-order valence-electron chi connectivity index (χ4n) is 3.93. The number of aromatic nitrogens is 2. The third-order valence-electron chi connectivity index (χ3n) is 5.82. The largest absolute Gasteiger partial charge is 0.435 e. The summed E-state index contributed by atoms with van der Waals surface area (Å²) in [4.78, 5) is 2.18. The molecular weight excluding hydrogens is 440 g/mol. The monoisotopic (exact) mass is 471 g/mol. The van der Waals surface area contributed by atoms with E-state index in [1.807, 2.05) is 44.2 Å². The molecule has 0 radical (unpaired) electrons. The van der Waals surface area contributed by atoms with Gasteiger partial charge in [0.05, 0.1) is 29.7 Å². The van der Waals surface area contributed by atoms with Crippen molar-refractivity contribution in [1.29, 1.82) is 0 Å². The first-order valence-corrected chi connectivity index (χ1v) is 11.7. The van der Waals surface area contributed by atoms with Crippen molar-refractivity contribution < 1.29 is 23.4 Å². The summed E-state index contributed by atoms with van der Waals surface area (Å²) in [6, 6.07) is 12.7. The van der Waals surface area contributed by atoms with Gasteiger partial charge in [0.1, 0.15) is 5.82 Å². The van der Waals surface area contributed by atoms with Crippen LogP contribution in [0.5, 0.6) is 11.6 Å². The number of halogens is 2. The molecule has 1 fully saturated rings. The molecule has 0 spiro atoms. The summed E-state index contributed by atoms with van der Waals surface area (Å²) in [5, 5.41) is 15.2. The third kappa shape index (κ3) is 6.20. The molecule has 1 saturated carbocycles. The average Bonchev–Trinajstić information content (AvgIpc) is 3.58. The summed E-state index contributed by atoms with van der Waals surface area (Å²) in [5.41, 5.74) is 2.29. The fraction of sp³-hybridized carbons (Fsp3) is 0.423. The first-order valence-electron chi connectivity index (χ1n) is 11.7. The number of aryl methyl sites for hydroxylation is 1. The highest BCUT2D eigenvalue weighted by molar-refractivity contribution is 5.43. The zero-order valence-electron chi connectivity index (χ0n) is 19.6. The lowest BCUT2D eigenvalue weighted by atomic mass is 10.2. The Morgan fingerprint density at radius 2 is 1.94 bits per heavy atom. The van der Waals surface area contributed by atoms with Crippen molar-refractivity contribution in [2.45, 2.75) is 39.3 Å². The van der Waals surface area contributed by atoms with E-state index in [9.17, 15) is 13.9 Å². The second-order valence-electron chi connectivity index (χ2n) is 8.74. The van der Waals surface area contributed by atoms with Gasteiger partial charge in [0.2, 0.25) is 5.88 Å². The Morgan fingerprint density at radius 1 is 1.18 bits per heavy atom. The van der Waals surface area contributed by atoms with Crippen LogP contribution in [0.4, 0.5) is 8.78 Å². The van der Waals surface area contributed by atoms with Gasteiger partial charge in [-0.1, -0.05) is 18.2 Å². The van der Waals surface area contributed by atoms with Gasteiger partial charge in [0.25, 0.3) is 0 Å². The zero-order chi connectivity index (χ0) is 24.1. The van der Waals surface area contributed by atoms with Crippen LogP contribution in [0.1, 0.15) is 31.0 Å². The molecule has 0 amide bonds. The van der Waals surface area contributed by atoms with Crippen LogP contribution in [-0.4, -0.2) is 52.2 Å². The molecule has 1 atom stereocenters. The molecule has 2 aromatic carbocycles. The van der Waals surface area contributed by atoms with E-state index < -0.39 is 17.7 Å². The molecule has 1 heterocycles. The van der Waals surface area contributed by atoms with Crippen LogP contribution >= 0.6 is 0 Å². The standard InChI is InChI=1S/C26H31F2N3O3/c1-3-33-17-22(32)15-30(14-19-9-10-19)16-23-18(2)29-31(21-7-5-4-6-8-21)26(23)34-25-12-11-20(27)13-24(25)28/h4-8,11-13,19,22,32H,3,9-10,14-17H2,1-2H3/t22-/m0/s1. The number of ether oxygens (including phenoxy) is 2. The van der Waals surface area contributed by atoms with E-state index in [0.717, 1.165) is 35.6 Å². The summed E-state index contributed by atoms with van der Waals surface area (Å²) in [5.74, 6) is -0.565. The van der Waals surface area contributed by atoms with E-state index in [-0.39, 0.29) is 12.4 Å². The molecule has 0 unspecified atom stereocenters. The highest BCUT2D eigenvalue weighted by Gasteiger charge is 2.28. The number of aliphatic hydroxyl groups excluding tert-OH is 1. The molecule has 1 aliphatic carbocycles. The number of rotatable bonds is 12. The predicted molar refractivity (Wildman–Crippen MR) is 125 cm³/mol. The first kappa shape index (κ1) is 24.3. The normalized spacial score (nSPS) is 14.5. The SMILES string of the molecule is CCOC[C@@H](O)CN(Cc1c(C)nn(-c2ccccc2)c1Oc1ccc(F)cc1F)CC1CC1. The van der Waals surface area contributed by atoms with Crippen molar-refractivity contribution in [2.75, 3.05) is 26.3 Å². The van der Waals surface area contributed by atoms with Crippen molar-refractivity contribution in [3.8, 4) is 17.3 Å². The Bertz CT molecular complexity index is 1090. The lowest BCUT2D eigenvalue weighted by Crippen LogP contribution is -2.36. The zero-order valence-corrected chi connectivity index (χ0v) is 19.6. The van der Waals surface area contributed by atoms with Crippen molar-refractivity contribution in [2.24, 2.45) is 5.92 Å². The molecule has 0 aliphatic heterocycles. The average molecular weight is 472 g/mol. The van der Waals surface area contributed by atoms with Crippen molar-refractivity contribution in [1.82, 2.24) is 14.7 Å². The third-order valence-corrected chi connectivity index (χ3v) is 5.82. The number of hydrogen-bond acceptors (Lipinski definition) is 5. The van der Waals surface area contributed by atoms with Crippen LogP contribution in [-0.2, 0) is 11.3 Å². The van der Waals surface area contributed by atoms with Gasteiger partial charge in [0, 0.05) is 32.3 Å². The molecule has 1 aromatic heterocycles. The predicted octanol–water partition coefficient (Wildman–Crippen LogP) is 4.86. The minimum absolute atomic E-state index is 0.0788. The second kappa shape index (κ2) is 11.1. The summed E-state index contributed by atoms with van der Waals surface area (Å²) >= 11 is 0. The van der Waals surface area contributed by atoms with Crippen LogP contribution in [0.25, 0.3) is 5.69 Å². The van der Waals surface area contributed by atoms with Gasteiger partial charge in [-0.25, -0.2) is 13.5 Å². The Morgan fingerprint density at radius 3 is 2.62 bits per heavy atom. The summed E-state index contributed by atoms with van der Waals surface area (Å²) in [7, 11) is 0. The van der Waals surface area contributed by atoms with Gasteiger partial charge in [0.15, 0.2) is 11.6 Å². The van der Waals surface area contributed by atoms with E-state index in [1.54, 1.807) is 4.68 Å². The fourth-order valence-corrected chi connectivity index (χ4v) is 3.93. The Kier molecular flexibility index (Phi) is 7.92. The lowest BCUT2D eigenvalue weighted by molar-refractivity contribution is 0.0186. The smallest absolute Gasteiger partial charge is 0.227 e. The summed E-state index contributed by atoms with van der Waals surface area (Å²) in [6.07, 6.45) is 1.72. The molecule has 8 heteroatoms. The van der Waals surface area contributed by atoms with Gasteiger partial charge < -0.3 is 14.6 Å². The number of para-hydroxylation sites is 1. The van der Waals surface area contributed by atoms with Gasteiger partial charge in [-0.3, -0.25) is 4.90 Å². The number of aliphatic hydroxyl groups is 1. The topological polar surface area (TPSA) is 59.8 Å². The summed E-state index contributed by atoms with van der Waals surface area (Å²) < 4.78 is 41.0. The van der Waals surface area contributed by atoms with E-state index in [4.69, 9.17) is 9.47 Å². The number of nitrogens with zero attached hydrogens (tertiary/aromatic N) is 3. The number of benzene rings is 2. The molecule has 1 aliphatic rings. The molecule has 0 saturated heterocycles. The molecule has 4 rings (SSSR count). The maximum atomic E-state index is 14.5. The van der Waals surface area contributed by atoms with Crippen LogP contribution < -0.4 is 4.74 Å². The van der Waals surface area contributed by atoms with Crippen molar-refractivity contribution >= 4 is 0 Å². The molecule has 1 N–H and O–H groups in total. The van der Waals surface area contributed by atoms with E-state index in [2.05, 4.69) is 10.00 Å². The van der Waals surface area contributed by atoms with Crippen molar-refractivity contribution in [3.05, 3.63) is 71.4 Å². The summed E-state index contributed by atoms with van der Waals surface area (Å²) in [6.45, 7) is 6.34. The van der Waals surface area contributed by atoms with Crippen LogP contribution in [0, 0.1) is 24.5 Å². The number of hydrogen-bond donors (Lipinski definition) is 1. The maximum absolute atomic E-state index is 14.5. The highest BCUT2D eigenvalue weighted by Crippen LogP contribution is 2.35. The maximum Gasteiger partial charge on any atom is 0.227 e. The van der Waals surface area contributed by atoms with E-state index in [0.29, 0.717) is 31.5 Å². The van der Waals surface area contributed by atoms with Crippen molar-refractivity contribution in [3.63, 3.8) is 0 Å². The molecule has 34 heavy (non-hydrogen) atoms. The van der Waals surface area contributed by atoms with E-state index >= 15 is 0 Å². The first-order chi connectivity index (χ1) is 16.4. The van der Waals surface area contributed by atoms with Gasteiger partial charge in [-0.15, -0.1) is 0 Å². The molecule has 0 bridgehead atoms. The Hall–Kier alpha value is -2.81. The lowest BCUT2D eigenvalue weighted by Gasteiger charge is -2.25. The molecule has 3 aromatic rings. The minimum Gasteiger partial charge on any atom is -0.435 e. The highest BCUT2D eigenvalue weighted by atomic mass is 19.1. The van der Waals surface area contributed by atoms with Gasteiger partial charge in [-0.2, -0.15) is 5.10 Å². The molecule has 6 nitrogen and oxygen atoms in total. The van der Waals surface area contributed by atoms with Gasteiger partial charge >= 0.3 is 0 Å². The van der Waals surface area contributed by atoms with Crippen LogP contribution in [0.3, 0.4) is 0 Å². The Labute approximate surface area is 198 Å². The van der Waals surface area contributed by atoms with Gasteiger partial charge in [-0.05, 0) is 56.9 Å². The molecular formula is C26H31F2N3O3.